The van der Waals surface area contributed by atoms with Crippen LogP contribution in [-0.4, -0.2) is 39.7 Å². The molecule has 1 aliphatic rings. The molecule has 17 heavy (non-hydrogen) atoms. The van der Waals surface area contributed by atoms with Crippen LogP contribution in [0.25, 0.3) is 0 Å². The number of rotatable bonds is 7. The fourth-order valence-corrected chi connectivity index (χ4v) is 3.27. The van der Waals surface area contributed by atoms with Crippen molar-refractivity contribution in [1.82, 2.24) is 5.01 Å². The molecule has 0 bridgehead atoms. The van der Waals surface area contributed by atoms with Crippen molar-refractivity contribution in [2.75, 3.05) is 12.3 Å². The Balaban J connectivity index is 2.22. The van der Waals surface area contributed by atoms with E-state index in [2.05, 4.69) is 5.29 Å². The molecule has 0 heterocycles. The second-order valence-electron chi connectivity index (χ2n) is 4.39. The molecule has 1 fully saturated rings. The number of carboxylic acid groups (broad SMARTS) is 1. The number of hydrogen-bond donors (Lipinski definition) is 1. The molecule has 98 valence electrons. The van der Waals surface area contributed by atoms with Crippen LogP contribution in [-0.2, 0) is 4.79 Å². The van der Waals surface area contributed by atoms with E-state index < -0.39 is 12.0 Å². The molecule has 5 nitrogen and oxygen atoms in total. The fraction of sp³-hybridized carbons (Fsp3) is 0.909. The van der Waals surface area contributed by atoms with Crippen LogP contribution >= 0.6 is 11.8 Å². The number of nitroso groups, excluding NO2 is 1. The van der Waals surface area contributed by atoms with Crippen LogP contribution in [0.15, 0.2) is 5.29 Å². The number of nitrogens with zero attached hydrogens (tertiary/aromatic N) is 2. The summed E-state index contributed by atoms with van der Waals surface area (Å²) in [5.41, 5.74) is 0. The van der Waals surface area contributed by atoms with Crippen molar-refractivity contribution in [3.63, 3.8) is 0 Å². The maximum Gasteiger partial charge on any atom is 0.327 e. The third-order valence-electron chi connectivity index (χ3n) is 3.14. The summed E-state index contributed by atoms with van der Waals surface area (Å²) in [6.07, 6.45) is 6.40. The highest BCUT2D eigenvalue weighted by Crippen LogP contribution is 2.28. The maximum atomic E-state index is 10.7. The first-order valence-corrected chi connectivity index (χ1v) is 7.14. The van der Waals surface area contributed by atoms with Gasteiger partial charge in [-0.05, 0) is 19.8 Å². The molecule has 0 aromatic carbocycles. The van der Waals surface area contributed by atoms with E-state index in [9.17, 15) is 9.70 Å². The molecular formula is C11H20N2O3S. The van der Waals surface area contributed by atoms with Gasteiger partial charge in [-0.1, -0.05) is 19.3 Å². The molecule has 1 aliphatic carbocycles. The van der Waals surface area contributed by atoms with Gasteiger partial charge in [0.15, 0.2) is 0 Å². The van der Waals surface area contributed by atoms with Gasteiger partial charge in [0, 0.05) is 17.5 Å². The smallest absolute Gasteiger partial charge is 0.327 e. The zero-order chi connectivity index (χ0) is 12.7. The first kappa shape index (κ1) is 14.3. The van der Waals surface area contributed by atoms with Crippen LogP contribution in [0.4, 0.5) is 0 Å². The molecule has 1 N–H and O–H groups in total. The van der Waals surface area contributed by atoms with E-state index in [1.54, 1.807) is 0 Å². The molecule has 0 radical (unpaired) electrons. The molecule has 6 heteroatoms. The highest BCUT2D eigenvalue weighted by Gasteiger charge is 2.21. The lowest BCUT2D eigenvalue weighted by Crippen LogP contribution is -2.36. The number of carbonyl (C=O) groups is 1. The normalized spacial score (nSPS) is 18.6. The van der Waals surface area contributed by atoms with Crippen molar-refractivity contribution in [3.8, 4) is 0 Å². The van der Waals surface area contributed by atoms with Crippen LogP contribution < -0.4 is 0 Å². The van der Waals surface area contributed by atoms with Crippen molar-refractivity contribution in [3.05, 3.63) is 4.91 Å². The molecule has 1 atom stereocenters. The van der Waals surface area contributed by atoms with E-state index in [0.29, 0.717) is 11.8 Å². The van der Waals surface area contributed by atoms with Gasteiger partial charge >= 0.3 is 5.97 Å². The largest absolute Gasteiger partial charge is 0.480 e. The topological polar surface area (TPSA) is 70.0 Å². The lowest BCUT2D eigenvalue weighted by molar-refractivity contribution is -0.142. The molecule has 0 spiro atoms. The minimum atomic E-state index is -1.01. The van der Waals surface area contributed by atoms with Crippen LogP contribution in [0.2, 0.25) is 0 Å². The average molecular weight is 260 g/mol. The molecule has 0 aromatic rings. The monoisotopic (exact) mass is 260 g/mol. The summed E-state index contributed by atoms with van der Waals surface area (Å²) in [4.78, 5) is 21.3. The Morgan fingerprint density at radius 3 is 2.65 bits per heavy atom. The lowest BCUT2D eigenvalue weighted by Gasteiger charge is -2.23. The Hall–Kier alpha value is -0.780. The first-order chi connectivity index (χ1) is 8.15. The number of thioether (sulfide) groups is 1. The predicted molar refractivity (Wildman–Crippen MR) is 68.9 cm³/mol. The average Bonchev–Trinajstić information content (AvgIpc) is 2.35. The van der Waals surface area contributed by atoms with Crippen molar-refractivity contribution in [1.29, 1.82) is 0 Å². The van der Waals surface area contributed by atoms with Gasteiger partial charge in [0.05, 0.1) is 5.29 Å². The van der Waals surface area contributed by atoms with Gasteiger partial charge in [-0.15, -0.1) is 4.91 Å². The van der Waals surface area contributed by atoms with E-state index >= 15 is 0 Å². The van der Waals surface area contributed by atoms with Crippen LogP contribution in [0, 0.1) is 4.91 Å². The SMILES string of the molecule is C[C@@H](C(=O)O)N(CCSC1CCCCC1)N=O. The van der Waals surface area contributed by atoms with Gasteiger partial charge in [0.25, 0.3) is 0 Å². The second kappa shape index (κ2) is 7.53. The van der Waals surface area contributed by atoms with Crippen LogP contribution in [0.1, 0.15) is 39.0 Å². The van der Waals surface area contributed by atoms with E-state index in [0.717, 1.165) is 10.8 Å². The van der Waals surface area contributed by atoms with Gasteiger partial charge in [0.1, 0.15) is 6.04 Å². The van der Waals surface area contributed by atoms with E-state index in [-0.39, 0.29) is 0 Å². The summed E-state index contributed by atoms with van der Waals surface area (Å²) in [7, 11) is 0. The summed E-state index contributed by atoms with van der Waals surface area (Å²) in [6.45, 7) is 1.90. The van der Waals surface area contributed by atoms with E-state index in [1.807, 2.05) is 11.8 Å². The number of aliphatic carboxylic acids is 1. The standard InChI is InChI=1S/C11H20N2O3S/c1-9(11(14)15)13(12-16)7-8-17-10-5-3-2-4-6-10/h9-10H,2-8H2,1H3,(H,14,15)/t9-/m0/s1. The van der Waals surface area contributed by atoms with Crippen LogP contribution in [0.5, 0.6) is 0 Å². The third-order valence-corrected chi connectivity index (χ3v) is 4.50. The molecule has 1 saturated carbocycles. The Morgan fingerprint density at radius 2 is 2.12 bits per heavy atom. The molecular weight excluding hydrogens is 240 g/mol. The highest BCUT2D eigenvalue weighted by atomic mass is 32.2. The van der Waals surface area contributed by atoms with Crippen molar-refractivity contribution in [2.24, 2.45) is 5.29 Å². The Kier molecular flexibility index (Phi) is 6.32. The summed E-state index contributed by atoms with van der Waals surface area (Å²) in [5, 5.41) is 13.4. The molecule has 0 unspecified atom stereocenters. The van der Waals surface area contributed by atoms with Gasteiger partial charge < -0.3 is 5.11 Å². The maximum absolute atomic E-state index is 10.7. The zero-order valence-electron chi connectivity index (χ0n) is 10.2. The molecule has 1 rings (SSSR count). The van der Waals surface area contributed by atoms with Crippen LogP contribution in [0.3, 0.4) is 0 Å². The van der Waals surface area contributed by atoms with Gasteiger partial charge in [0.2, 0.25) is 0 Å². The number of carboxylic acids is 1. The first-order valence-electron chi connectivity index (χ1n) is 6.09. The molecule has 0 amide bonds. The zero-order valence-corrected chi connectivity index (χ0v) is 11.0. The van der Waals surface area contributed by atoms with E-state index in [1.165, 1.54) is 39.0 Å². The molecule has 0 aliphatic heterocycles. The summed E-state index contributed by atoms with van der Waals surface area (Å²) >= 11 is 1.84. The van der Waals surface area contributed by atoms with Gasteiger partial charge in [-0.3, -0.25) is 0 Å². The fourth-order valence-electron chi connectivity index (χ4n) is 1.98. The number of hydrogen-bond acceptors (Lipinski definition) is 4. The predicted octanol–water partition coefficient (Wildman–Crippen LogP) is 2.51. The van der Waals surface area contributed by atoms with Crippen molar-refractivity contribution < 1.29 is 9.90 Å². The summed E-state index contributed by atoms with van der Waals surface area (Å²) in [6, 6.07) is -0.834. The minimum Gasteiger partial charge on any atom is -0.480 e. The summed E-state index contributed by atoms with van der Waals surface area (Å²) in [5.74, 6) is -0.235. The van der Waals surface area contributed by atoms with Gasteiger partial charge in [-0.25, -0.2) is 9.80 Å². The minimum absolute atomic E-state index is 0.415. The Bertz CT molecular complexity index is 257. The quantitative estimate of drug-likeness (QED) is 0.562. The second-order valence-corrected chi connectivity index (χ2v) is 5.80. The van der Waals surface area contributed by atoms with Crippen molar-refractivity contribution in [2.45, 2.75) is 50.3 Å². The Morgan fingerprint density at radius 1 is 1.47 bits per heavy atom. The Labute approximate surface area is 106 Å². The lowest BCUT2D eigenvalue weighted by atomic mass is 10.0. The van der Waals surface area contributed by atoms with E-state index in [4.69, 9.17) is 5.11 Å². The molecule has 0 aromatic heterocycles. The summed E-state index contributed by atoms with van der Waals surface area (Å²) < 4.78 is 0. The molecule has 0 saturated heterocycles. The highest BCUT2D eigenvalue weighted by molar-refractivity contribution is 7.99. The van der Waals surface area contributed by atoms with Crippen molar-refractivity contribution >= 4 is 17.7 Å². The third kappa shape index (κ3) is 4.93. The van der Waals surface area contributed by atoms with Gasteiger partial charge in [-0.2, -0.15) is 11.8 Å².